The molecular formula is C16H31N3O2. The third-order valence-corrected chi connectivity index (χ3v) is 4.24. The molecule has 0 bridgehead atoms. The van der Waals surface area contributed by atoms with Crippen LogP contribution in [0.15, 0.2) is 0 Å². The Hall–Kier alpha value is -0.810. The van der Waals surface area contributed by atoms with Crippen molar-refractivity contribution in [2.24, 2.45) is 0 Å². The second-order valence-electron chi connectivity index (χ2n) is 7.20. The van der Waals surface area contributed by atoms with E-state index in [9.17, 15) is 4.79 Å². The zero-order valence-electron chi connectivity index (χ0n) is 13.9. The summed E-state index contributed by atoms with van der Waals surface area (Å²) in [5.41, 5.74) is -0.405. The summed E-state index contributed by atoms with van der Waals surface area (Å²) >= 11 is 0. The van der Waals surface area contributed by atoms with Gasteiger partial charge in [0.1, 0.15) is 5.60 Å². The van der Waals surface area contributed by atoms with Crippen molar-refractivity contribution in [3.63, 3.8) is 0 Å². The van der Waals surface area contributed by atoms with Crippen molar-refractivity contribution in [2.75, 3.05) is 39.3 Å². The molecule has 5 nitrogen and oxygen atoms in total. The van der Waals surface area contributed by atoms with E-state index in [0.717, 1.165) is 58.5 Å². The number of ether oxygens (including phenoxy) is 1. The Bertz CT molecular complexity index is 335. The van der Waals surface area contributed by atoms with Gasteiger partial charge in [0.25, 0.3) is 0 Å². The summed E-state index contributed by atoms with van der Waals surface area (Å²) in [4.78, 5) is 16.8. The van der Waals surface area contributed by atoms with Crippen molar-refractivity contribution < 1.29 is 9.53 Å². The lowest BCUT2D eigenvalue weighted by Crippen LogP contribution is -2.49. The first-order valence-corrected chi connectivity index (χ1v) is 8.38. The minimum absolute atomic E-state index is 0.132. The van der Waals surface area contributed by atoms with E-state index in [1.54, 1.807) is 0 Å². The predicted octanol–water partition coefficient (Wildman–Crippen LogP) is 2.07. The van der Waals surface area contributed by atoms with Gasteiger partial charge in [-0.2, -0.15) is 0 Å². The number of carbonyl (C=O) groups excluding carboxylic acids is 1. The molecule has 2 saturated heterocycles. The van der Waals surface area contributed by atoms with E-state index in [0.29, 0.717) is 6.04 Å². The number of hydrogen-bond acceptors (Lipinski definition) is 4. The van der Waals surface area contributed by atoms with Crippen LogP contribution in [0, 0.1) is 0 Å². The average molecular weight is 297 g/mol. The van der Waals surface area contributed by atoms with E-state index >= 15 is 0 Å². The molecule has 5 heteroatoms. The molecule has 2 rings (SSSR count). The molecule has 0 spiro atoms. The fraction of sp³-hybridized carbons (Fsp3) is 0.938. The smallest absolute Gasteiger partial charge is 0.410 e. The van der Waals surface area contributed by atoms with E-state index in [1.165, 1.54) is 6.42 Å². The maximum atomic E-state index is 12.4. The molecule has 0 aromatic rings. The molecule has 0 aromatic heterocycles. The summed E-state index contributed by atoms with van der Waals surface area (Å²) in [6, 6.07) is 0.350. The Kier molecular flexibility index (Phi) is 5.88. The number of piperazine rings is 1. The van der Waals surface area contributed by atoms with Crippen LogP contribution in [0.2, 0.25) is 0 Å². The van der Waals surface area contributed by atoms with E-state index in [1.807, 2.05) is 25.7 Å². The van der Waals surface area contributed by atoms with Crippen molar-refractivity contribution in [1.29, 1.82) is 0 Å². The Morgan fingerprint density at radius 2 is 1.90 bits per heavy atom. The number of nitrogens with one attached hydrogen (secondary N) is 1. The van der Waals surface area contributed by atoms with Gasteiger partial charge in [-0.15, -0.1) is 0 Å². The van der Waals surface area contributed by atoms with Crippen LogP contribution in [-0.4, -0.2) is 66.8 Å². The fourth-order valence-electron chi connectivity index (χ4n) is 3.13. The van der Waals surface area contributed by atoms with E-state index in [-0.39, 0.29) is 6.09 Å². The lowest BCUT2D eigenvalue weighted by molar-refractivity contribution is 0.00757. The number of amides is 1. The van der Waals surface area contributed by atoms with Crippen LogP contribution in [0.1, 0.15) is 46.5 Å². The van der Waals surface area contributed by atoms with Gasteiger partial charge in [-0.05, 0) is 46.5 Å². The maximum absolute atomic E-state index is 12.4. The summed E-state index contributed by atoms with van der Waals surface area (Å²) in [5.74, 6) is 0. The van der Waals surface area contributed by atoms with Gasteiger partial charge in [-0.25, -0.2) is 4.79 Å². The molecular weight excluding hydrogens is 266 g/mol. The number of hydrogen-bond donors (Lipinski definition) is 1. The molecule has 2 aliphatic rings. The minimum Gasteiger partial charge on any atom is -0.444 e. The molecule has 21 heavy (non-hydrogen) atoms. The number of likely N-dealkylation sites (tertiary alicyclic amines) is 1. The van der Waals surface area contributed by atoms with Crippen LogP contribution < -0.4 is 5.32 Å². The minimum atomic E-state index is -0.405. The van der Waals surface area contributed by atoms with Crippen LogP contribution in [0.3, 0.4) is 0 Å². The first-order chi connectivity index (χ1) is 9.96. The van der Waals surface area contributed by atoms with Gasteiger partial charge in [0.05, 0.1) is 0 Å². The van der Waals surface area contributed by atoms with Crippen LogP contribution in [-0.2, 0) is 4.74 Å². The highest BCUT2D eigenvalue weighted by molar-refractivity contribution is 5.68. The van der Waals surface area contributed by atoms with Crippen molar-refractivity contribution >= 4 is 6.09 Å². The summed E-state index contributed by atoms with van der Waals surface area (Å²) in [6.45, 7) is 12.2. The number of nitrogens with zero attached hydrogens (tertiary/aromatic N) is 2. The summed E-state index contributed by atoms with van der Waals surface area (Å²) in [5, 5.41) is 3.38. The molecule has 1 atom stereocenters. The molecule has 2 fully saturated rings. The first kappa shape index (κ1) is 16.6. The molecule has 0 aliphatic carbocycles. The fourth-order valence-corrected chi connectivity index (χ4v) is 3.13. The van der Waals surface area contributed by atoms with Crippen molar-refractivity contribution in [2.45, 2.75) is 58.1 Å². The molecule has 0 saturated carbocycles. The van der Waals surface area contributed by atoms with Crippen LogP contribution in [0.25, 0.3) is 0 Å². The molecule has 0 radical (unpaired) electrons. The van der Waals surface area contributed by atoms with Gasteiger partial charge in [-0.3, -0.25) is 0 Å². The first-order valence-electron chi connectivity index (χ1n) is 8.38. The van der Waals surface area contributed by atoms with Crippen LogP contribution >= 0.6 is 0 Å². The van der Waals surface area contributed by atoms with Crippen LogP contribution in [0.5, 0.6) is 0 Å². The molecule has 1 amide bonds. The standard InChI is InChI=1S/C16H31N3O2/c1-16(2,3)21-15(20)19-10-5-4-6-14(19)7-11-18-12-8-17-9-13-18/h14,17H,4-13H2,1-3H3. The zero-order valence-corrected chi connectivity index (χ0v) is 13.9. The van der Waals surface area contributed by atoms with Gasteiger partial charge < -0.3 is 19.9 Å². The van der Waals surface area contributed by atoms with E-state index < -0.39 is 5.60 Å². The van der Waals surface area contributed by atoms with Crippen molar-refractivity contribution in [3.8, 4) is 0 Å². The molecule has 2 heterocycles. The molecule has 1 unspecified atom stereocenters. The highest BCUT2D eigenvalue weighted by Crippen LogP contribution is 2.22. The van der Waals surface area contributed by atoms with Crippen molar-refractivity contribution in [3.05, 3.63) is 0 Å². The number of carbonyl (C=O) groups is 1. The molecule has 2 aliphatic heterocycles. The van der Waals surface area contributed by atoms with E-state index in [2.05, 4.69) is 10.2 Å². The Balaban J connectivity index is 1.84. The Morgan fingerprint density at radius 1 is 1.19 bits per heavy atom. The highest BCUT2D eigenvalue weighted by Gasteiger charge is 2.30. The highest BCUT2D eigenvalue weighted by atomic mass is 16.6. The van der Waals surface area contributed by atoms with Gasteiger partial charge in [-0.1, -0.05) is 0 Å². The third-order valence-electron chi connectivity index (χ3n) is 4.24. The van der Waals surface area contributed by atoms with Gasteiger partial charge >= 0.3 is 6.09 Å². The summed E-state index contributed by atoms with van der Waals surface area (Å²) in [7, 11) is 0. The number of piperidine rings is 1. The topological polar surface area (TPSA) is 44.8 Å². The van der Waals surface area contributed by atoms with Gasteiger partial charge in [0.15, 0.2) is 0 Å². The Labute approximate surface area is 129 Å². The van der Waals surface area contributed by atoms with E-state index in [4.69, 9.17) is 4.74 Å². The quantitative estimate of drug-likeness (QED) is 0.866. The van der Waals surface area contributed by atoms with Gasteiger partial charge in [0.2, 0.25) is 0 Å². The number of rotatable bonds is 3. The Morgan fingerprint density at radius 3 is 2.57 bits per heavy atom. The lowest BCUT2D eigenvalue weighted by Gasteiger charge is -2.38. The van der Waals surface area contributed by atoms with Crippen molar-refractivity contribution in [1.82, 2.24) is 15.1 Å². The lowest BCUT2D eigenvalue weighted by atomic mass is 9.99. The average Bonchev–Trinajstić information content (AvgIpc) is 2.45. The maximum Gasteiger partial charge on any atom is 0.410 e. The monoisotopic (exact) mass is 297 g/mol. The van der Waals surface area contributed by atoms with Gasteiger partial charge in [0, 0.05) is 45.3 Å². The molecule has 122 valence electrons. The normalized spacial score (nSPS) is 24.9. The second kappa shape index (κ2) is 7.45. The second-order valence-corrected chi connectivity index (χ2v) is 7.20. The largest absolute Gasteiger partial charge is 0.444 e. The predicted molar refractivity (Wildman–Crippen MR) is 84.5 cm³/mol. The molecule has 0 aromatic carbocycles. The SMILES string of the molecule is CC(C)(C)OC(=O)N1CCCCC1CCN1CCNCC1. The third kappa shape index (κ3) is 5.47. The summed E-state index contributed by atoms with van der Waals surface area (Å²) < 4.78 is 5.56. The van der Waals surface area contributed by atoms with Crippen LogP contribution in [0.4, 0.5) is 4.79 Å². The molecule has 1 N–H and O–H groups in total. The zero-order chi connectivity index (χ0) is 15.3. The summed E-state index contributed by atoms with van der Waals surface area (Å²) in [6.07, 6.45) is 4.38.